The molecule has 80 heavy (non-hydrogen) atoms. The number of thioether (sulfide) groups is 1. The quantitative estimate of drug-likeness (QED) is 0.0179. The van der Waals surface area contributed by atoms with E-state index in [-0.39, 0.29) is 114 Å². The highest BCUT2D eigenvalue weighted by molar-refractivity contribution is 7.99. The van der Waals surface area contributed by atoms with E-state index in [1.807, 2.05) is 6.07 Å². The molecule has 0 saturated heterocycles. The molecule has 0 unspecified atom stereocenters. The van der Waals surface area contributed by atoms with Gasteiger partial charge in [0.2, 0.25) is 11.0 Å². The van der Waals surface area contributed by atoms with Crippen molar-refractivity contribution < 1.29 is 79.4 Å². The predicted molar refractivity (Wildman–Crippen MR) is 290 cm³/mol. The number of thiazole rings is 1. The number of aromatic hydroxyl groups is 1. The van der Waals surface area contributed by atoms with Gasteiger partial charge >= 0.3 is 0 Å². The first kappa shape index (κ1) is 59.2. The Hall–Kier alpha value is -6.92. The average Bonchev–Trinajstić information content (AvgIpc) is 4.13. The van der Waals surface area contributed by atoms with Crippen LogP contribution in [0.2, 0.25) is 5.02 Å². The van der Waals surface area contributed by atoms with Crippen LogP contribution in [-0.2, 0) is 50.6 Å². The summed E-state index contributed by atoms with van der Waals surface area (Å²) in [7, 11) is -21.9. The number of azo groups is 3. The SMILES string of the molecule is COc1cc(N=Nc2cc(OCCCS(=O)(=O)O)c(N=Nc3c(C)c(C#N)c4nc5cc(S(=O)(=O)O)c(Cl)cc5n4c3O)cc2C)c(SCCCS(=O)(=O)O)cc1N=Nc1nc2c(S(=O)(=O)O)cc3cc(S(=O)(=O)O)ccc3c2s1. The fraction of sp³-hybridized carbons (Fsp3) is 0.205. The number of rotatable bonds is 20. The molecule has 0 aliphatic carbocycles. The lowest BCUT2D eigenvalue weighted by atomic mass is 10.1. The number of nitriles is 1. The van der Waals surface area contributed by atoms with Crippen LogP contribution in [0.1, 0.15) is 29.5 Å². The molecule has 0 atom stereocenters. The third-order valence-corrected chi connectivity index (χ3v) is 18.1. The van der Waals surface area contributed by atoms with Crippen LogP contribution in [0.25, 0.3) is 37.7 Å². The molecule has 3 heterocycles. The van der Waals surface area contributed by atoms with Crippen LogP contribution in [0.5, 0.6) is 17.4 Å². The Morgan fingerprint density at radius 2 is 1.36 bits per heavy atom. The molecular weight excluding hydrogens is 1220 g/mol. The molecule has 8 aromatic rings. The van der Waals surface area contributed by atoms with Gasteiger partial charge in [0.05, 0.1) is 56.6 Å². The van der Waals surface area contributed by atoms with Gasteiger partial charge in [-0.3, -0.25) is 27.2 Å². The van der Waals surface area contributed by atoms with Crippen molar-refractivity contribution in [3.8, 4) is 23.4 Å². The monoisotopic (exact) mass is 1250 g/mol. The highest BCUT2D eigenvalue weighted by Gasteiger charge is 2.26. The normalized spacial score (nSPS) is 13.1. The molecule has 8 rings (SSSR count). The van der Waals surface area contributed by atoms with Gasteiger partial charge < -0.3 is 14.6 Å². The van der Waals surface area contributed by atoms with Crippen LogP contribution in [0.4, 0.5) is 33.6 Å². The summed E-state index contributed by atoms with van der Waals surface area (Å²) in [4.78, 5) is 6.96. The number of fused-ring (bicyclic) bond motifs is 6. The van der Waals surface area contributed by atoms with E-state index >= 15 is 0 Å². The van der Waals surface area contributed by atoms with Gasteiger partial charge in [0, 0.05) is 28.0 Å². The Morgan fingerprint density at radius 1 is 0.725 bits per heavy atom. The summed E-state index contributed by atoms with van der Waals surface area (Å²) in [5.74, 6) is -1.85. The fourth-order valence-electron chi connectivity index (χ4n) is 7.70. The first-order chi connectivity index (χ1) is 37.3. The number of aromatic nitrogens is 3. The van der Waals surface area contributed by atoms with E-state index in [0.717, 1.165) is 57.8 Å². The second kappa shape index (κ2) is 22.6. The number of benzene rings is 5. The maximum atomic E-state index is 12.5. The molecule has 0 saturated carbocycles. The molecule has 420 valence electrons. The highest BCUT2D eigenvalue weighted by Crippen LogP contribution is 2.46. The minimum atomic E-state index is -4.96. The molecule has 0 aliphatic rings. The lowest BCUT2D eigenvalue weighted by molar-refractivity contribution is 0.317. The lowest BCUT2D eigenvalue weighted by Crippen LogP contribution is -2.08. The fourth-order valence-corrected chi connectivity index (χ4v) is 13.0. The Kier molecular flexibility index (Phi) is 16.7. The number of halogens is 1. The van der Waals surface area contributed by atoms with Gasteiger partial charge in [-0.15, -0.1) is 37.3 Å². The third-order valence-electron chi connectivity index (χ3n) is 11.4. The largest absolute Gasteiger partial charge is 0.494 e. The minimum absolute atomic E-state index is 0.0178. The molecule has 3 aromatic heterocycles. The topological polar surface area (TPSA) is 439 Å². The summed E-state index contributed by atoms with van der Waals surface area (Å²) in [6.07, 6.45) is -0.243. The van der Waals surface area contributed by atoms with Gasteiger partial charge in [-0.2, -0.15) is 52.5 Å². The average molecular weight is 1250 g/mol. The Labute approximate surface area is 466 Å². The number of hydrogen-bond acceptors (Lipinski definition) is 24. The molecule has 0 radical (unpaired) electrons. The molecular formula is C44H37ClN10O18S7. The van der Waals surface area contributed by atoms with Crippen LogP contribution in [0.15, 0.2) is 111 Å². The minimum Gasteiger partial charge on any atom is -0.494 e. The number of nitrogens with zero attached hydrogens (tertiary/aromatic N) is 10. The smallest absolute Gasteiger partial charge is 0.296 e. The molecule has 0 amide bonds. The number of aryl methyl sites for hydroxylation is 1. The lowest BCUT2D eigenvalue weighted by Gasteiger charge is -2.12. The Balaban J connectivity index is 1.19. The van der Waals surface area contributed by atoms with E-state index in [1.54, 1.807) is 6.92 Å². The number of imidazole rings is 1. The van der Waals surface area contributed by atoms with Gasteiger partial charge in [-0.1, -0.05) is 29.0 Å². The van der Waals surface area contributed by atoms with Gasteiger partial charge in [0.25, 0.3) is 50.6 Å². The van der Waals surface area contributed by atoms with Crippen LogP contribution in [-0.4, -0.2) is 115 Å². The second-order valence-corrected chi connectivity index (χ2v) is 26.7. The first-order valence-corrected chi connectivity index (χ1v) is 31.9. The van der Waals surface area contributed by atoms with Crippen molar-refractivity contribution in [2.24, 2.45) is 30.7 Å². The third kappa shape index (κ3) is 13.1. The Morgan fingerprint density at radius 3 is 2.01 bits per heavy atom. The second-order valence-electron chi connectivity index (χ2n) is 16.9. The van der Waals surface area contributed by atoms with Crippen molar-refractivity contribution in [2.45, 2.75) is 46.3 Å². The molecule has 0 bridgehead atoms. The number of methoxy groups -OCH3 is 1. The zero-order chi connectivity index (χ0) is 58.4. The summed E-state index contributed by atoms with van der Waals surface area (Å²) >= 11 is 8.08. The van der Waals surface area contributed by atoms with Crippen molar-refractivity contribution in [3.63, 3.8) is 0 Å². The maximum Gasteiger partial charge on any atom is 0.296 e. The van der Waals surface area contributed by atoms with E-state index in [9.17, 15) is 75.2 Å². The molecule has 6 N–H and O–H groups in total. The van der Waals surface area contributed by atoms with Gasteiger partial charge in [-0.05, 0) is 85.9 Å². The standard InChI is InChI=1S/C44H37ClN10O18S7/c1-21-12-30(50-53-39-22(2)26(20-46)42-47-29-19-37(79(66,67)68)27(45)15-33(29)55(42)43(39)56)35(73-8-4-10-76(57,58)59)16-28(21)49-52-32-17-34(72-3)31(18-36(32)74-9-5-11-77(60,61)62)51-54-44-48-40-38(80(69,70)71)14-23-13-24(78(63,64)65)6-7-25(23)41(40)75-44/h6-7,12-19,56H,4-5,8-11H2,1-3H3,(H,57,58,59)(H,60,61,62)(H,63,64,65)(H,66,67,68)(H,69,70,71). The summed E-state index contributed by atoms with van der Waals surface area (Å²) in [5.41, 5.74) is -0.0988. The molecule has 28 nitrogen and oxygen atoms in total. The molecule has 0 aliphatic heterocycles. The van der Waals surface area contributed by atoms with Crippen molar-refractivity contribution in [2.75, 3.05) is 31.0 Å². The molecule has 0 fully saturated rings. The zero-order valence-corrected chi connectivity index (χ0v) is 47.3. The van der Waals surface area contributed by atoms with Crippen molar-refractivity contribution in [1.82, 2.24) is 14.4 Å². The van der Waals surface area contributed by atoms with Crippen LogP contribution >= 0.6 is 34.7 Å². The van der Waals surface area contributed by atoms with E-state index in [1.165, 1.54) is 44.4 Å². The number of hydrogen-bond donors (Lipinski definition) is 6. The van der Waals surface area contributed by atoms with Crippen LogP contribution in [0.3, 0.4) is 0 Å². The summed E-state index contributed by atoms with van der Waals surface area (Å²) in [6.45, 7) is 2.71. The van der Waals surface area contributed by atoms with Crippen molar-refractivity contribution in [1.29, 1.82) is 5.26 Å². The molecule has 36 heteroatoms. The summed E-state index contributed by atoms with van der Waals surface area (Å²) < 4.78 is 180. The number of pyridine rings is 1. The van der Waals surface area contributed by atoms with Gasteiger partial charge in [0.15, 0.2) is 11.3 Å². The zero-order valence-electron chi connectivity index (χ0n) is 40.8. The number of ether oxygens (including phenoxy) is 2. The van der Waals surface area contributed by atoms with E-state index in [2.05, 4.69) is 40.7 Å². The van der Waals surface area contributed by atoms with Crippen LogP contribution in [0, 0.1) is 25.2 Å². The van der Waals surface area contributed by atoms with E-state index < -0.39 is 87.7 Å². The maximum absolute atomic E-state index is 12.5. The molecule has 5 aromatic carbocycles. The molecule has 0 spiro atoms. The highest BCUT2D eigenvalue weighted by atomic mass is 35.5. The van der Waals surface area contributed by atoms with Crippen molar-refractivity contribution in [3.05, 3.63) is 82.4 Å². The Bertz CT molecular complexity index is 4640. The predicted octanol–water partition coefficient (Wildman–Crippen LogP) is 10.1. The van der Waals surface area contributed by atoms with Crippen LogP contribution < -0.4 is 9.47 Å². The first-order valence-electron chi connectivity index (χ1n) is 22.2. The van der Waals surface area contributed by atoms with E-state index in [4.69, 9.17) is 21.1 Å². The van der Waals surface area contributed by atoms with Gasteiger partial charge in [0.1, 0.15) is 55.5 Å². The summed E-state index contributed by atoms with van der Waals surface area (Å²) in [5, 5.41) is 47.4. The van der Waals surface area contributed by atoms with E-state index in [0.29, 0.717) is 15.8 Å². The van der Waals surface area contributed by atoms with Gasteiger partial charge in [-0.25, -0.2) is 9.97 Å². The van der Waals surface area contributed by atoms with Crippen molar-refractivity contribution >= 4 is 157 Å². The summed E-state index contributed by atoms with van der Waals surface area (Å²) in [6, 6.07) is 14.1.